The quantitative estimate of drug-likeness (QED) is 0.537. The second-order valence-electron chi connectivity index (χ2n) is 5.64. The molecule has 0 saturated carbocycles. The Kier molecular flexibility index (Phi) is 7.34. The number of fused-ring (bicyclic) bond motifs is 1. The van der Waals surface area contributed by atoms with E-state index in [1.807, 2.05) is 12.1 Å². The fourth-order valence-corrected chi connectivity index (χ4v) is 2.61. The topological polar surface area (TPSA) is 68.2 Å². The molecule has 2 aromatic heterocycles. The van der Waals surface area contributed by atoms with Crippen molar-refractivity contribution in [1.82, 2.24) is 14.6 Å². The summed E-state index contributed by atoms with van der Waals surface area (Å²) < 4.78 is 1.58. The highest BCUT2D eigenvalue weighted by molar-refractivity contribution is 6.33. The van der Waals surface area contributed by atoms with Crippen LogP contribution in [0.4, 0.5) is 17.3 Å². The molecule has 0 amide bonds. The first-order valence-corrected chi connectivity index (χ1v) is 9.13. The second kappa shape index (κ2) is 9.49. The number of rotatable bonds is 5. The number of aromatic nitrogens is 3. The first-order valence-electron chi connectivity index (χ1n) is 8.37. The van der Waals surface area contributed by atoms with Crippen LogP contribution in [0.15, 0.2) is 36.5 Å². The summed E-state index contributed by atoms with van der Waals surface area (Å²) in [5.74, 6) is 1.02. The maximum absolute atomic E-state index is 5.99. The predicted octanol–water partition coefficient (Wildman–Crippen LogP) is 5.95. The molecule has 0 atom stereocenters. The van der Waals surface area contributed by atoms with Crippen LogP contribution in [0.25, 0.3) is 5.65 Å². The molecule has 5 nitrogen and oxygen atoms in total. The van der Waals surface area contributed by atoms with Gasteiger partial charge in [0.2, 0.25) is 0 Å². The van der Waals surface area contributed by atoms with Gasteiger partial charge in [0.15, 0.2) is 5.65 Å². The van der Waals surface area contributed by atoms with Crippen molar-refractivity contribution in [2.24, 2.45) is 0 Å². The molecular formula is C18H23Cl2N5. The summed E-state index contributed by atoms with van der Waals surface area (Å²) in [4.78, 5) is 4.14. The average Bonchev–Trinajstić information content (AvgIpc) is 2.95. The van der Waals surface area contributed by atoms with Crippen LogP contribution in [0.2, 0.25) is 10.0 Å². The van der Waals surface area contributed by atoms with E-state index in [-0.39, 0.29) is 0 Å². The molecule has 0 aliphatic rings. The molecule has 0 radical (unpaired) electrons. The van der Waals surface area contributed by atoms with E-state index in [4.69, 9.17) is 28.9 Å². The van der Waals surface area contributed by atoms with Gasteiger partial charge in [0.25, 0.3) is 0 Å². The first kappa shape index (κ1) is 19.3. The number of anilines is 3. The molecule has 0 unspecified atom stereocenters. The van der Waals surface area contributed by atoms with Gasteiger partial charge in [-0.2, -0.15) is 9.61 Å². The fraction of sp³-hybridized carbons (Fsp3) is 0.333. The molecule has 1 aromatic carbocycles. The van der Waals surface area contributed by atoms with Gasteiger partial charge in [-0.15, -0.1) is 0 Å². The number of nitrogen functional groups attached to an aromatic ring is 1. The lowest BCUT2D eigenvalue weighted by molar-refractivity contribution is 0.702. The Morgan fingerprint density at radius 2 is 1.84 bits per heavy atom. The largest absolute Gasteiger partial charge is 0.384 e. The first-order chi connectivity index (χ1) is 12.0. The van der Waals surface area contributed by atoms with E-state index in [1.165, 1.54) is 31.9 Å². The zero-order valence-corrected chi connectivity index (χ0v) is 16.0. The van der Waals surface area contributed by atoms with Gasteiger partial charge in [-0.1, -0.05) is 68.8 Å². The van der Waals surface area contributed by atoms with E-state index in [0.29, 0.717) is 27.3 Å². The van der Waals surface area contributed by atoms with E-state index >= 15 is 0 Å². The van der Waals surface area contributed by atoms with E-state index < -0.39 is 0 Å². The van der Waals surface area contributed by atoms with Crippen LogP contribution in [-0.2, 0) is 0 Å². The van der Waals surface area contributed by atoms with Gasteiger partial charge in [0, 0.05) is 16.8 Å². The minimum Gasteiger partial charge on any atom is -0.384 e. The zero-order valence-electron chi connectivity index (χ0n) is 14.5. The molecule has 3 aromatic rings. The highest BCUT2D eigenvalue weighted by Gasteiger charge is 2.09. The number of nitrogens with zero attached hydrogens (tertiary/aromatic N) is 3. The summed E-state index contributed by atoms with van der Waals surface area (Å²) >= 11 is 11.9. The minimum atomic E-state index is 0.361. The van der Waals surface area contributed by atoms with Gasteiger partial charge < -0.3 is 11.1 Å². The third-order valence-electron chi connectivity index (χ3n) is 3.50. The third kappa shape index (κ3) is 5.51. The summed E-state index contributed by atoms with van der Waals surface area (Å²) in [5, 5.41) is 8.41. The Bertz CT molecular complexity index is 812. The van der Waals surface area contributed by atoms with Gasteiger partial charge in [-0.25, -0.2) is 4.98 Å². The van der Waals surface area contributed by atoms with Crippen LogP contribution >= 0.6 is 23.2 Å². The highest BCUT2D eigenvalue weighted by atomic mass is 35.5. The highest BCUT2D eigenvalue weighted by Crippen LogP contribution is 2.24. The maximum atomic E-state index is 5.99. The lowest BCUT2D eigenvalue weighted by Gasteiger charge is -2.09. The smallest absolute Gasteiger partial charge is 0.178 e. The lowest BCUT2D eigenvalue weighted by atomic mass is 10.2. The Morgan fingerprint density at radius 3 is 2.48 bits per heavy atom. The molecule has 0 spiro atoms. The minimum absolute atomic E-state index is 0.361. The van der Waals surface area contributed by atoms with Crippen LogP contribution in [0.5, 0.6) is 0 Å². The van der Waals surface area contributed by atoms with Crippen molar-refractivity contribution in [3.8, 4) is 0 Å². The Labute approximate surface area is 158 Å². The van der Waals surface area contributed by atoms with Crippen molar-refractivity contribution in [2.75, 3.05) is 11.1 Å². The van der Waals surface area contributed by atoms with Crippen molar-refractivity contribution in [2.45, 2.75) is 39.5 Å². The van der Waals surface area contributed by atoms with Crippen molar-refractivity contribution in [1.29, 1.82) is 0 Å². The average molecular weight is 380 g/mol. The zero-order chi connectivity index (χ0) is 18.2. The van der Waals surface area contributed by atoms with E-state index in [9.17, 15) is 0 Å². The lowest BCUT2D eigenvalue weighted by Crippen LogP contribution is -2.03. The molecule has 3 rings (SSSR count). The molecule has 3 N–H and O–H groups in total. The standard InChI is InChI=1S/C12H9Cl2N5.C6H14/c13-7-2-1-3-8(4-7)17-11-5-10(15)18-12-9(14)6-16-19(11)12;1-3-5-6-4-2/h1-6,17H,(H2,15,18);3-6H2,1-2H3. The number of unbranched alkanes of at least 4 members (excludes halogenated alkanes) is 3. The Balaban J connectivity index is 0.000000326. The summed E-state index contributed by atoms with van der Waals surface area (Å²) in [5.41, 5.74) is 7.09. The maximum Gasteiger partial charge on any atom is 0.178 e. The summed E-state index contributed by atoms with van der Waals surface area (Å²) in [7, 11) is 0. The van der Waals surface area contributed by atoms with Gasteiger partial charge >= 0.3 is 0 Å². The number of hydrogen-bond acceptors (Lipinski definition) is 4. The van der Waals surface area contributed by atoms with Crippen LogP contribution in [0.3, 0.4) is 0 Å². The number of benzene rings is 1. The molecule has 134 valence electrons. The van der Waals surface area contributed by atoms with Crippen molar-refractivity contribution >= 4 is 46.2 Å². The van der Waals surface area contributed by atoms with Crippen LogP contribution in [0, 0.1) is 0 Å². The van der Waals surface area contributed by atoms with Gasteiger partial charge in [0.05, 0.1) is 6.20 Å². The number of nitrogens with two attached hydrogens (primary N) is 1. The second-order valence-corrected chi connectivity index (χ2v) is 6.48. The van der Waals surface area contributed by atoms with E-state index in [0.717, 1.165) is 5.69 Å². The molecule has 0 bridgehead atoms. The third-order valence-corrected chi connectivity index (χ3v) is 4.00. The molecular weight excluding hydrogens is 357 g/mol. The summed E-state index contributed by atoms with van der Waals surface area (Å²) in [6.45, 7) is 4.46. The molecule has 25 heavy (non-hydrogen) atoms. The molecule has 0 aliphatic heterocycles. The van der Waals surface area contributed by atoms with Gasteiger partial charge in [-0.05, 0) is 18.2 Å². The SMILES string of the molecule is CCCCCC.Nc1cc(Nc2cccc(Cl)c2)n2ncc(Cl)c2n1. The van der Waals surface area contributed by atoms with Crippen molar-refractivity contribution in [3.63, 3.8) is 0 Å². The van der Waals surface area contributed by atoms with Crippen LogP contribution < -0.4 is 11.1 Å². The van der Waals surface area contributed by atoms with E-state index in [2.05, 4.69) is 29.2 Å². The molecule has 0 aliphatic carbocycles. The molecule has 2 heterocycles. The molecule has 7 heteroatoms. The van der Waals surface area contributed by atoms with Gasteiger partial charge in [0.1, 0.15) is 16.7 Å². The van der Waals surface area contributed by atoms with Gasteiger partial charge in [-0.3, -0.25) is 0 Å². The number of hydrogen-bond donors (Lipinski definition) is 2. The Morgan fingerprint density at radius 1 is 1.12 bits per heavy atom. The summed E-state index contributed by atoms with van der Waals surface area (Å²) in [6, 6.07) is 9.02. The van der Waals surface area contributed by atoms with E-state index in [1.54, 1.807) is 22.7 Å². The number of halogens is 2. The summed E-state index contributed by atoms with van der Waals surface area (Å²) in [6.07, 6.45) is 7.06. The monoisotopic (exact) mass is 379 g/mol. The predicted molar refractivity (Wildman–Crippen MR) is 107 cm³/mol. The molecule has 0 saturated heterocycles. The van der Waals surface area contributed by atoms with Crippen LogP contribution in [-0.4, -0.2) is 14.6 Å². The Hall–Kier alpha value is -1.98. The molecule has 0 fully saturated rings. The van der Waals surface area contributed by atoms with Crippen molar-refractivity contribution < 1.29 is 0 Å². The van der Waals surface area contributed by atoms with Crippen molar-refractivity contribution in [3.05, 3.63) is 46.6 Å². The fourth-order valence-electron chi connectivity index (χ4n) is 2.26. The van der Waals surface area contributed by atoms with Crippen LogP contribution in [0.1, 0.15) is 39.5 Å². The number of nitrogens with one attached hydrogen (secondary N) is 1. The normalized spacial score (nSPS) is 10.4.